The first-order chi connectivity index (χ1) is 16.4. The zero-order chi connectivity index (χ0) is 23.8. The number of hydrogen-bond donors (Lipinski definition) is 1. The van der Waals surface area contributed by atoms with Crippen molar-refractivity contribution in [3.05, 3.63) is 89.0 Å². The summed E-state index contributed by atoms with van der Waals surface area (Å²) in [5.41, 5.74) is 6.87. The third-order valence-corrected chi connectivity index (χ3v) is 5.76. The molecule has 0 aliphatic heterocycles. The number of carbonyl (C=O) groups excluding carboxylic acids is 1. The topological polar surface area (TPSA) is 90.5 Å². The lowest BCUT2D eigenvalue weighted by Crippen LogP contribution is -2.18. The monoisotopic (exact) mass is 451 g/mol. The van der Waals surface area contributed by atoms with E-state index in [-0.39, 0.29) is 12.3 Å². The second-order valence-electron chi connectivity index (χ2n) is 8.33. The largest absolute Gasteiger partial charge is 0.295 e. The van der Waals surface area contributed by atoms with Crippen LogP contribution in [0.3, 0.4) is 0 Å². The quantitative estimate of drug-likeness (QED) is 0.427. The number of imidazole rings is 1. The van der Waals surface area contributed by atoms with E-state index in [9.17, 15) is 4.79 Å². The van der Waals surface area contributed by atoms with Gasteiger partial charge in [0.05, 0.1) is 23.1 Å². The summed E-state index contributed by atoms with van der Waals surface area (Å²) >= 11 is 0. The number of aromatic nitrogens is 6. The van der Waals surface area contributed by atoms with Crippen molar-refractivity contribution in [1.82, 2.24) is 29.3 Å². The summed E-state index contributed by atoms with van der Waals surface area (Å²) in [6.45, 7) is 7.69. The zero-order valence-corrected chi connectivity index (χ0v) is 19.6. The van der Waals surface area contributed by atoms with Crippen molar-refractivity contribution in [2.45, 2.75) is 34.1 Å². The van der Waals surface area contributed by atoms with Crippen molar-refractivity contribution in [2.75, 3.05) is 5.32 Å². The van der Waals surface area contributed by atoms with Crippen LogP contribution in [0.25, 0.3) is 22.7 Å². The van der Waals surface area contributed by atoms with E-state index in [1.54, 1.807) is 4.68 Å². The molecule has 3 heterocycles. The fourth-order valence-electron chi connectivity index (χ4n) is 4.21. The van der Waals surface area contributed by atoms with Gasteiger partial charge in [-0.05, 0) is 58.0 Å². The molecule has 1 N–H and O–H groups in total. The minimum atomic E-state index is -0.167. The van der Waals surface area contributed by atoms with Crippen LogP contribution in [-0.2, 0) is 11.2 Å². The SMILES string of the molecule is Cc1cc(C)nc(-n2nc(C)c(CC(=O)Nc3nc4ccccc4n3-c3ccccc3)c2C)n1. The molecule has 3 aromatic heterocycles. The Hall–Kier alpha value is -4.33. The molecular weight excluding hydrogens is 426 g/mol. The fourth-order valence-corrected chi connectivity index (χ4v) is 4.21. The molecule has 0 saturated heterocycles. The maximum absolute atomic E-state index is 13.2. The van der Waals surface area contributed by atoms with Gasteiger partial charge in [-0.25, -0.2) is 19.6 Å². The average Bonchev–Trinajstić information content (AvgIpc) is 3.31. The van der Waals surface area contributed by atoms with Crippen LogP contribution in [0.4, 0.5) is 5.95 Å². The molecule has 0 fully saturated rings. The number of nitrogens with one attached hydrogen (secondary N) is 1. The molecule has 5 rings (SSSR count). The van der Waals surface area contributed by atoms with Gasteiger partial charge >= 0.3 is 0 Å². The van der Waals surface area contributed by atoms with Crippen LogP contribution in [0.15, 0.2) is 60.7 Å². The number of hydrogen-bond acceptors (Lipinski definition) is 5. The molecule has 2 aromatic carbocycles. The number of fused-ring (bicyclic) bond motifs is 1. The number of nitrogens with zero attached hydrogens (tertiary/aromatic N) is 6. The number of amides is 1. The Kier molecular flexibility index (Phi) is 5.41. The van der Waals surface area contributed by atoms with Gasteiger partial charge in [-0.2, -0.15) is 5.10 Å². The predicted molar refractivity (Wildman–Crippen MR) is 132 cm³/mol. The van der Waals surface area contributed by atoms with Crippen molar-refractivity contribution in [1.29, 1.82) is 0 Å². The van der Waals surface area contributed by atoms with Crippen molar-refractivity contribution < 1.29 is 4.79 Å². The van der Waals surface area contributed by atoms with E-state index in [4.69, 9.17) is 0 Å². The van der Waals surface area contributed by atoms with Crippen LogP contribution in [0.2, 0.25) is 0 Å². The van der Waals surface area contributed by atoms with E-state index in [2.05, 4.69) is 25.4 Å². The first-order valence-electron chi connectivity index (χ1n) is 11.1. The normalized spacial score (nSPS) is 11.2. The molecular formula is C26H25N7O. The van der Waals surface area contributed by atoms with Gasteiger partial charge in [-0.1, -0.05) is 30.3 Å². The molecule has 5 aromatic rings. The number of rotatable bonds is 5. The number of carbonyl (C=O) groups is 1. The lowest BCUT2D eigenvalue weighted by molar-refractivity contribution is -0.115. The number of aryl methyl sites for hydroxylation is 3. The zero-order valence-electron chi connectivity index (χ0n) is 19.6. The fraction of sp³-hybridized carbons (Fsp3) is 0.192. The summed E-state index contributed by atoms with van der Waals surface area (Å²) in [6, 6.07) is 19.6. The standard InChI is InChI=1S/C26H25N7O/c1-16-14-17(2)28-26(27-16)33-19(4)21(18(3)31-33)15-24(34)30-25-29-22-12-8-9-13-23(22)32(25)20-10-6-5-7-11-20/h5-14H,15H2,1-4H3,(H,29,30,34). The smallest absolute Gasteiger partial charge is 0.251 e. The maximum atomic E-state index is 13.2. The van der Waals surface area contributed by atoms with Crippen LogP contribution < -0.4 is 5.32 Å². The summed E-state index contributed by atoms with van der Waals surface area (Å²) in [7, 11) is 0. The van der Waals surface area contributed by atoms with Crippen molar-refractivity contribution in [2.24, 2.45) is 0 Å². The van der Waals surface area contributed by atoms with Gasteiger partial charge in [0.2, 0.25) is 11.9 Å². The van der Waals surface area contributed by atoms with Crippen LogP contribution in [0.5, 0.6) is 0 Å². The minimum absolute atomic E-state index is 0.167. The van der Waals surface area contributed by atoms with Crippen LogP contribution in [0.1, 0.15) is 28.3 Å². The molecule has 0 bridgehead atoms. The number of benzene rings is 2. The second-order valence-corrected chi connectivity index (χ2v) is 8.33. The average molecular weight is 452 g/mol. The van der Waals surface area contributed by atoms with E-state index in [0.29, 0.717) is 11.9 Å². The van der Waals surface area contributed by atoms with Gasteiger partial charge in [-0.3, -0.25) is 14.7 Å². The van der Waals surface area contributed by atoms with E-state index in [1.165, 1.54) is 0 Å². The van der Waals surface area contributed by atoms with Gasteiger partial charge in [0.25, 0.3) is 5.95 Å². The Morgan fingerprint density at radius 1 is 0.882 bits per heavy atom. The summed E-state index contributed by atoms with van der Waals surface area (Å²) in [6.07, 6.45) is 0.167. The highest BCUT2D eigenvalue weighted by atomic mass is 16.1. The molecule has 0 atom stereocenters. The van der Waals surface area contributed by atoms with E-state index < -0.39 is 0 Å². The molecule has 0 saturated carbocycles. The van der Waals surface area contributed by atoms with Gasteiger partial charge in [-0.15, -0.1) is 0 Å². The van der Waals surface area contributed by atoms with Crippen LogP contribution >= 0.6 is 0 Å². The Bertz CT molecular complexity index is 1500. The predicted octanol–water partition coefficient (Wildman–Crippen LogP) is 4.42. The molecule has 8 nitrogen and oxygen atoms in total. The number of para-hydroxylation sites is 3. The molecule has 34 heavy (non-hydrogen) atoms. The molecule has 0 unspecified atom stereocenters. The van der Waals surface area contributed by atoms with Gasteiger partial charge in [0.1, 0.15) is 0 Å². The highest BCUT2D eigenvalue weighted by molar-refractivity contribution is 5.94. The molecule has 0 aliphatic rings. The maximum Gasteiger partial charge on any atom is 0.251 e. The molecule has 0 spiro atoms. The third-order valence-electron chi connectivity index (χ3n) is 5.76. The molecule has 8 heteroatoms. The lowest BCUT2D eigenvalue weighted by atomic mass is 10.1. The Balaban J connectivity index is 1.47. The van der Waals surface area contributed by atoms with Crippen molar-refractivity contribution in [3.63, 3.8) is 0 Å². The first kappa shape index (κ1) is 21.5. The Morgan fingerprint density at radius 3 is 2.29 bits per heavy atom. The van der Waals surface area contributed by atoms with Crippen molar-refractivity contribution >= 4 is 22.9 Å². The van der Waals surface area contributed by atoms with Crippen molar-refractivity contribution in [3.8, 4) is 11.6 Å². The third kappa shape index (κ3) is 3.94. The summed E-state index contributed by atoms with van der Waals surface area (Å²) in [5, 5.41) is 7.63. The first-order valence-corrected chi connectivity index (χ1v) is 11.1. The molecule has 170 valence electrons. The van der Waals surface area contributed by atoms with Crippen LogP contribution in [0, 0.1) is 27.7 Å². The highest BCUT2D eigenvalue weighted by Crippen LogP contribution is 2.25. The van der Waals surface area contributed by atoms with E-state index in [0.717, 1.165) is 45.1 Å². The molecule has 0 aliphatic carbocycles. The minimum Gasteiger partial charge on any atom is -0.295 e. The van der Waals surface area contributed by atoms with Gasteiger partial charge in [0.15, 0.2) is 0 Å². The lowest BCUT2D eigenvalue weighted by Gasteiger charge is -2.10. The second kappa shape index (κ2) is 8.55. The van der Waals surface area contributed by atoms with Gasteiger partial charge < -0.3 is 0 Å². The van der Waals surface area contributed by atoms with E-state index >= 15 is 0 Å². The van der Waals surface area contributed by atoms with Crippen LogP contribution in [-0.4, -0.2) is 35.2 Å². The molecule has 1 amide bonds. The summed E-state index contributed by atoms with van der Waals surface area (Å²) in [5.74, 6) is 0.827. The molecule has 0 radical (unpaired) electrons. The highest BCUT2D eigenvalue weighted by Gasteiger charge is 2.20. The van der Waals surface area contributed by atoms with Gasteiger partial charge in [0, 0.05) is 28.3 Å². The summed E-state index contributed by atoms with van der Waals surface area (Å²) < 4.78 is 3.66. The summed E-state index contributed by atoms with van der Waals surface area (Å²) in [4.78, 5) is 26.9. The van der Waals surface area contributed by atoms with E-state index in [1.807, 2.05) is 92.9 Å². The number of anilines is 1. The Morgan fingerprint density at radius 2 is 1.56 bits per heavy atom. The Labute approximate surface area is 197 Å².